The number of piperidine rings is 2. The summed E-state index contributed by atoms with van der Waals surface area (Å²) in [6.45, 7) is 8.33. The number of hydrogen-bond acceptors (Lipinski definition) is 2. The standard InChI is InChI=1S/C22H31FN2O/c1-17(2)5-3-12-24-13-4-6-19-16-25(14-11-21(19)24)22(26)15-18-7-9-20(23)10-8-18/h3,5,7-10,17,19,21H,4,6,11-16H2,1-2H3/b5-3+/t19-,21-/m1/s1. The quantitative estimate of drug-likeness (QED) is 0.746. The summed E-state index contributed by atoms with van der Waals surface area (Å²) in [5.74, 6) is 1.10. The van der Waals surface area contributed by atoms with Crippen LogP contribution >= 0.6 is 0 Å². The molecule has 26 heavy (non-hydrogen) atoms. The Morgan fingerprint density at radius 2 is 2.00 bits per heavy atom. The second kappa shape index (κ2) is 8.81. The predicted molar refractivity (Wildman–Crippen MR) is 103 cm³/mol. The van der Waals surface area contributed by atoms with Crippen LogP contribution in [0.5, 0.6) is 0 Å². The largest absolute Gasteiger partial charge is 0.342 e. The maximum atomic E-state index is 13.0. The highest BCUT2D eigenvalue weighted by molar-refractivity contribution is 5.78. The molecule has 0 saturated carbocycles. The first-order valence-electron chi connectivity index (χ1n) is 9.96. The van der Waals surface area contributed by atoms with Crippen LogP contribution in [0.2, 0.25) is 0 Å². The van der Waals surface area contributed by atoms with E-state index >= 15 is 0 Å². The maximum absolute atomic E-state index is 13.0. The third-order valence-corrected chi connectivity index (χ3v) is 5.67. The van der Waals surface area contributed by atoms with Gasteiger partial charge in [0.1, 0.15) is 5.82 Å². The normalized spacial score (nSPS) is 24.2. The fourth-order valence-electron chi connectivity index (χ4n) is 4.32. The fraction of sp³-hybridized carbons (Fsp3) is 0.591. The first-order chi connectivity index (χ1) is 12.5. The number of nitrogens with zero attached hydrogens (tertiary/aromatic N) is 2. The molecule has 0 unspecified atom stereocenters. The zero-order valence-electron chi connectivity index (χ0n) is 16.0. The molecule has 0 bridgehead atoms. The summed E-state index contributed by atoms with van der Waals surface area (Å²) in [6, 6.07) is 6.89. The number of rotatable bonds is 5. The molecule has 0 N–H and O–H groups in total. The summed E-state index contributed by atoms with van der Waals surface area (Å²) in [5.41, 5.74) is 0.891. The van der Waals surface area contributed by atoms with E-state index in [1.807, 2.05) is 4.90 Å². The minimum atomic E-state index is -0.254. The van der Waals surface area contributed by atoms with Crippen molar-refractivity contribution < 1.29 is 9.18 Å². The van der Waals surface area contributed by atoms with Crippen LogP contribution < -0.4 is 0 Å². The van der Waals surface area contributed by atoms with Crippen molar-refractivity contribution in [3.63, 3.8) is 0 Å². The van der Waals surface area contributed by atoms with Gasteiger partial charge in [-0.1, -0.05) is 38.1 Å². The third-order valence-electron chi connectivity index (χ3n) is 5.67. The van der Waals surface area contributed by atoms with Crippen molar-refractivity contribution in [3.05, 3.63) is 47.8 Å². The minimum Gasteiger partial charge on any atom is -0.342 e. The zero-order chi connectivity index (χ0) is 18.5. The van der Waals surface area contributed by atoms with Gasteiger partial charge in [0.05, 0.1) is 6.42 Å². The maximum Gasteiger partial charge on any atom is 0.227 e. The molecule has 2 atom stereocenters. The lowest BCUT2D eigenvalue weighted by molar-refractivity contribution is -0.134. The van der Waals surface area contributed by atoms with Crippen molar-refractivity contribution in [1.29, 1.82) is 0 Å². The average Bonchev–Trinajstić information content (AvgIpc) is 2.63. The molecule has 3 rings (SSSR count). The Labute approximate surface area is 156 Å². The summed E-state index contributed by atoms with van der Waals surface area (Å²) < 4.78 is 13.0. The van der Waals surface area contributed by atoms with E-state index < -0.39 is 0 Å². The van der Waals surface area contributed by atoms with Gasteiger partial charge in [0.25, 0.3) is 0 Å². The number of amides is 1. The van der Waals surface area contributed by atoms with E-state index in [0.29, 0.717) is 24.3 Å². The lowest BCUT2D eigenvalue weighted by atomic mass is 9.83. The van der Waals surface area contributed by atoms with Gasteiger partial charge < -0.3 is 4.90 Å². The van der Waals surface area contributed by atoms with Gasteiger partial charge in [-0.25, -0.2) is 4.39 Å². The Bertz CT molecular complexity index is 626. The second-order valence-corrected chi connectivity index (χ2v) is 8.07. The molecular formula is C22H31FN2O. The van der Waals surface area contributed by atoms with Crippen molar-refractivity contribution in [3.8, 4) is 0 Å². The highest BCUT2D eigenvalue weighted by Crippen LogP contribution is 2.30. The molecule has 2 saturated heterocycles. The summed E-state index contributed by atoms with van der Waals surface area (Å²) in [5, 5.41) is 0. The van der Waals surface area contributed by atoms with Crippen LogP contribution in [0.3, 0.4) is 0 Å². The highest BCUT2D eigenvalue weighted by atomic mass is 19.1. The molecule has 2 aliphatic heterocycles. The van der Waals surface area contributed by atoms with Crippen LogP contribution in [0, 0.1) is 17.7 Å². The Kier molecular flexibility index (Phi) is 6.47. The van der Waals surface area contributed by atoms with Crippen LogP contribution in [-0.2, 0) is 11.2 Å². The second-order valence-electron chi connectivity index (χ2n) is 8.07. The highest BCUT2D eigenvalue weighted by Gasteiger charge is 2.36. The Morgan fingerprint density at radius 3 is 2.73 bits per heavy atom. The number of fused-ring (bicyclic) bond motifs is 1. The van der Waals surface area contributed by atoms with Crippen molar-refractivity contribution in [2.24, 2.45) is 11.8 Å². The molecule has 0 aliphatic carbocycles. The molecule has 2 aliphatic rings. The summed E-state index contributed by atoms with van der Waals surface area (Å²) >= 11 is 0. The number of halogens is 1. The van der Waals surface area contributed by atoms with Crippen molar-refractivity contribution in [1.82, 2.24) is 9.80 Å². The van der Waals surface area contributed by atoms with Gasteiger partial charge in [0.15, 0.2) is 0 Å². The number of benzene rings is 1. The molecule has 1 aromatic carbocycles. The Hall–Kier alpha value is -1.68. The molecule has 3 nitrogen and oxygen atoms in total. The lowest BCUT2D eigenvalue weighted by Gasteiger charge is -2.47. The molecule has 4 heteroatoms. The van der Waals surface area contributed by atoms with E-state index in [2.05, 4.69) is 30.9 Å². The van der Waals surface area contributed by atoms with E-state index in [9.17, 15) is 9.18 Å². The minimum absolute atomic E-state index is 0.173. The van der Waals surface area contributed by atoms with Gasteiger partial charge in [-0.2, -0.15) is 0 Å². The number of likely N-dealkylation sites (tertiary alicyclic amines) is 2. The van der Waals surface area contributed by atoms with Gasteiger partial charge in [-0.15, -0.1) is 0 Å². The van der Waals surface area contributed by atoms with Crippen LogP contribution in [0.15, 0.2) is 36.4 Å². The first kappa shape index (κ1) is 19.1. The molecule has 1 aromatic rings. The molecule has 2 fully saturated rings. The molecule has 0 spiro atoms. The fourth-order valence-corrected chi connectivity index (χ4v) is 4.32. The number of allylic oxidation sites excluding steroid dienone is 1. The first-order valence-corrected chi connectivity index (χ1v) is 9.96. The molecular weight excluding hydrogens is 327 g/mol. The van der Waals surface area contributed by atoms with E-state index in [1.165, 1.54) is 31.5 Å². The SMILES string of the molecule is CC(C)/C=C/CN1CCC[C@@H]2CN(C(=O)Cc3ccc(F)cc3)CC[C@H]21. The monoisotopic (exact) mass is 358 g/mol. The number of hydrogen-bond donors (Lipinski definition) is 0. The van der Waals surface area contributed by atoms with Crippen molar-refractivity contribution in [2.75, 3.05) is 26.2 Å². The molecule has 0 aromatic heterocycles. The Morgan fingerprint density at radius 1 is 1.23 bits per heavy atom. The number of carbonyl (C=O) groups excluding carboxylic acids is 1. The average molecular weight is 359 g/mol. The predicted octanol–water partition coefficient (Wildman–Crippen LogP) is 3.89. The van der Waals surface area contributed by atoms with Crippen molar-refractivity contribution in [2.45, 2.75) is 45.6 Å². The van der Waals surface area contributed by atoms with Crippen LogP contribution in [0.25, 0.3) is 0 Å². The van der Waals surface area contributed by atoms with E-state index in [0.717, 1.165) is 31.6 Å². The molecule has 0 radical (unpaired) electrons. The van der Waals surface area contributed by atoms with Gasteiger partial charge >= 0.3 is 0 Å². The zero-order valence-corrected chi connectivity index (χ0v) is 16.0. The molecule has 142 valence electrons. The topological polar surface area (TPSA) is 23.6 Å². The molecule has 1 amide bonds. The van der Waals surface area contributed by atoms with Gasteiger partial charge in [-0.05, 0) is 55.3 Å². The van der Waals surface area contributed by atoms with E-state index in [-0.39, 0.29) is 11.7 Å². The van der Waals surface area contributed by atoms with Crippen LogP contribution in [0.1, 0.15) is 38.7 Å². The smallest absolute Gasteiger partial charge is 0.227 e. The van der Waals surface area contributed by atoms with Gasteiger partial charge in [0, 0.05) is 25.7 Å². The summed E-state index contributed by atoms with van der Waals surface area (Å²) in [4.78, 5) is 17.3. The lowest BCUT2D eigenvalue weighted by Crippen LogP contribution is -2.55. The Balaban J connectivity index is 1.55. The third kappa shape index (κ3) is 4.94. The van der Waals surface area contributed by atoms with Gasteiger partial charge in [0.2, 0.25) is 5.91 Å². The van der Waals surface area contributed by atoms with Gasteiger partial charge in [-0.3, -0.25) is 9.69 Å². The van der Waals surface area contributed by atoms with E-state index in [4.69, 9.17) is 0 Å². The number of carbonyl (C=O) groups is 1. The van der Waals surface area contributed by atoms with E-state index in [1.54, 1.807) is 12.1 Å². The summed E-state index contributed by atoms with van der Waals surface area (Å²) in [6.07, 6.45) is 8.46. The van der Waals surface area contributed by atoms with Crippen LogP contribution in [0.4, 0.5) is 4.39 Å². The van der Waals surface area contributed by atoms with Crippen molar-refractivity contribution >= 4 is 5.91 Å². The summed E-state index contributed by atoms with van der Waals surface area (Å²) in [7, 11) is 0. The molecule has 2 heterocycles. The van der Waals surface area contributed by atoms with Crippen LogP contribution in [-0.4, -0.2) is 47.9 Å².